The standard InChI is InChI=1S/C34H19N5O/c1-35-23-13-9-12-22(20-23)33-36-32(21-10-3-2-4-11-21)37-34(38-33)39-28-16-7-5-14-24(28)26-18-19-27-25-15-6-8-17-29(25)40-31(27)30(26)39/h2-20H. The van der Waals surface area contributed by atoms with Gasteiger partial charge in [0.2, 0.25) is 5.95 Å². The quantitative estimate of drug-likeness (QED) is 0.222. The van der Waals surface area contributed by atoms with Crippen LogP contribution in [0.2, 0.25) is 0 Å². The van der Waals surface area contributed by atoms with Crippen LogP contribution < -0.4 is 0 Å². The molecule has 0 saturated heterocycles. The Labute approximate surface area is 228 Å². The minimum Gasteiger partial charge on any atom is -0.454 e. The molecule has 3 heterocycles. The third kappa shape index (κ3) is 3.32. The Hall–Kier alpha value is -5.80. The Bertz CT molecular complexity index is 2290. The molecule has 0 unspecified atom stereocenters. The summed E-state index contributed by atoms with van der Waals surface area (Å²) in [6.45, 7) is 7.50. The van der Waals surface area contributed by atoms with Crippen molar-refractivity contribution in [3.8, 4) is 28.7 Å². The smallest absolute Gasteiger partial charge is 0.238 e. The van der Waals surface area contributed by atoms with Crippen LogP contribution in [0.25, 0.3) is 77.3 Å². The zero-order chi connectivity index (χ0) is 26.6. The molecule has 5 aromatic carbocycles. The maximum atomic E-state index is 7.50. The second-order valence-corrected chi connectivity index (χ2v) is 9.60. The normalized spacial score (nSPS) is 11.5. The summed E-state index contributed by atoms with van der Waals surface area (Å²) >= 11 is 0. The van der Waals surface area contributed by atoms with Crippen molar-refractivity contribution in [3.63, 3.8) is 0 Å². The summed E-state index contributed by atoms with van der Waals surface area (Å²) in [5.41, 5.74) is 5.65. The van der Waals surface area contributed by atoms with Gasteiger partial charge in [0.1, 0.15) is 11.1 Å². The molecule has 186 valence electrons. The summed E-state index contributed by atoms with van der Waals surface area (Å²) in [5, 5.41) is 4.24. The number of furan rings is 1. The first-order chi connectivity index (χ1) is 19.8. The van der Waals surface area contributed by atoms with Gasteiger partial charge in [-0.2, -0.15) is 9.97 Å². The summed E-state index contributed by atoms with van der Waals surface area (Å²) in [7, 11) is 0. The molecule has 6 heteroatoms. The Morgan fingerprint density at radius 2 is 1.30 bits per heavy atom. The Kier molecular flexibility index (Phi) is 4.78. The van der Waals surface area contributed by atoms with Gasteiger partial charge in [-0.15, -0.1) is 0 Å². The first-order valence-electron chi connectivity index (χ1n) is 12.9. The first kappa shape index (κ1) is 22.2. The van der Waals surface area contributed by atoms with Crippen molar-refractivity contribution in [2.24, 2.45) is 0 Å². The highest BCUT2D eigenvalue weighted by Crippen LogP contribution is 2.40. The highest BCUT2D eigenvalue weighted by Gasteiger charge is 2.21. The van der Waals surface area contributed by atoms with Gasteiger partial charge in [-0.3, -0.25) is 4.57 Å². The number of rotatable bonds is 3. The number of aromatic nitrogens is 4. The summed E-state index contributed by atoms with van der Waals surface area (Å²) in [5.74, 6) is 1.53. The van der Waals surface area contributed by atoms with E-state index in [0.29, 0.717) is 23.3 Å². The molecule has 0 spiro atoms. The van der Waals surface area contributed by atoms with Crippen LogP contribution in [0.3, 0.4) is 0 Å². The van der Waals surface area contributed by atoms with Gasteiger partial charge in [-0.05, 0) is 24.3 Å². The van der Waals surface area contributed by atoms with Gasteiger partial charge >= 0.3 is 0 Å². The minimum absolute atomic E-state index is 0.483. The van der Waals surface area contributed by atoms with Crippen molar-refractivity contribution < 1.29 is 4.42 Å². The lowest BCUT2D eigenvalue weighted by Crippen LogP contribution is -2.06. The second kappa shape index (κ2) is 8.62. The van der Waals surface area contributed by atoms with E-state index in [9.17, 15) is 0 Å². The Morgan fingerprint density at radius 1 is 0.600 bits per heavy atom. The minimum atomic E-state index is 0.483. The highest BCUT2D eigenvalue weighted by atomic mass is 16.3. The zero-order valence-corrected chi connectivity index (χ0v) is 21.1. The maximum Gasteiger partial charge on any atom is 0.238 e. The fourth-order valence-electron chi connectivity index (χ4n) is 5.46. The Morgan fingerprint density at radius 3 is 2.15 bits per heavy atom. The first-order valence-corrected chi connectivity index (χ1v) is 12.9. The topological polar surface area (TPSA) is 61.1 Å². The van der Waals surface area contributed by atoms with Crippen molar-refractivity contribution in [2.75, 3.05) is 0 Å². The van der Waals surface area contributed by atoms with Gasteiger partial charge in [0, 0.05) is 32.7 Å². The molecule has 0 saturated carbocycles. The van der Waals surface area contributed by atoms with E-state index in [0.717, 1.165) is 54.9 Å². The number of hydrogen-bond donors (Lipinski definition) is 0. The van der Waals surface area contributed by atoms with E-state index in [4.69, 9.17) is 25.9 Å². The molecule has 0 atom stereocenters. The Balaban J connectivity index is 1.51. The largest absolute Gasteiger partial charge is 0.454 e. The second-order valence-electron chi connectivity index (χ2n) is 9.60. The van der Waals surface area contributed by atoms with Crippen LogP contribution >= 0.6 is 0 Å². The monoisotopic (exact) mass is 513 g/mol. The van der Waals surface area contributed by atoms with Crippen LogP contribution in [-0.2, 0) is 0 Å². The van der Waals surface area contributed by atoms with E-state index in [-0.39, 0.29) is 0 Å². The van der Waals surface area contributed by atoms with E-state index in [2.05, 4.69) is 39.7 Å². The molecule has 8 aromatic rings. The van der Waals surface area contributed by atoms with Crippen LogP contribution in [0.5, 0.6) is 0 Å². The van der Waals surface area contributed by atoms with E-state index in [1.165, 1.54) is 0 Å². The number of hydrogen-bond acceptors (Lipinski definition) is 4. The van der Waals surface area contributed by atoms with Crippen molar-refractivity contribution in [2.45, 2.75) is 0 Å². The van der Waals surface area contributed by atoms with Crippen LogP contribution in [0, 0.1) is 6.57 Å². The summed E-state index contributed by atoms with van der Waals surface area (Å²) < 4.78 is 8.57. The average Bonchev–Trinajstić information content (AvgIpc) is 3.57. The van der Waals surface area contributed by atoms with Crippen molar-refractivity contribution in [1.82, 2.24) is 19.5 Å². The average molecular weight is 514 g/mol. The fraction of sp³-hybridized carbons (Fsp3) is 0. The molecular formula is C34H19N5O. The summed E-state index contributed by atoms with van der Waals surface area (Å²) in [6, 6.07) is 37.9. The summed E-state index contributed by atoms with van der Waals surface area (Å²) in [4.78, 5) is 18.5. The van der Waals surface area contributed by atoms with Gasteiger partial charge < -0.3 is 4.42 Å². The third-order valence-corrected chi connectivity index (χ3v) is 7.27. The van der Waals surface area contributed by atoms with Crippen molar-refractivity contribution in [1.29, 1.82) is 0 Å². The lowest BCUT2D eigenvalue weighted by Gasteiger charge is -2.11. The van der Waals surface area contributed by atoms with Gasteiger partial charge in [0.05, 0.1) is 12.1 Å². The molecule has 0 aliphatic rings. The molecule has 6 nitrogen and oxygen atoms in total. The molecule has 0 radical (unpaired) electrons. The molecule has 0 aliphatic heterocycles. The number of nitrogens with zero attached hydrogens (tertiary/aromatic N) is 5. The molecule has 0 aliphatic carbocycles. The van der Waals surface area contributed by atoms with E-state index in [1.54, 1.807) is 6.07 Å². The van der Waals surface area contributed by atoms with Gasteiger partial charge in [-0.25, -0.2) is 9.83 Å². The van der Waals surface area contributed by atoms with Crippen molar-refractivity contribution in [3.05, 3.63) is 127 Å². The molecule has 40 heavy (non-hydrogen) atoms. The number of benzene rings is 5. The lowest BCUT2D eigenvalue weighted by atomic mass is 10.1. The van der Waals surface area contributed by atoms with E-state index < -0.39 is 0 Å². The van der Waals surface area contributed by atoms with E-state index >= 15 is 0 Å². The van der Waals surface area contributed by atoms with Crippen LogP contribution in [0.15, 0.2) is 120 Å². The molecule has 0 fully saturated rings. The maximum absolute atomic E-state index is 7.50. The van der Waals surface area contributed by atoms with Gasteiger partial charge in [0.15, 0.2) is 22.9 Å². The van der Waals surface area contributed by atoms with Crippen LogP contribution in [0.1, 0.15) is 0 Å². The van der Waals surface area contributed by atoms with Crippen molar-refractivity contribution >= 4 is 49.4 Å². The van der Waals surface area contributed by atoms with Crippen LogP contribution in [0.4, 0.5) is 5.69 Å². The molecule has 0 amide bonds. The zero-order valence-electron chi connectivity index (χ0n) is 21.1. The third-order valence-electron chi connectivity index (χ3n) is 7.27. The number of fused-ring (bicyclic) bond motifs is 7. The van der Waals surface area contributed by atoms with Gasteiger partial charge in [-0.1, -0.05) is 91.0 Å². The molecule has 3 aromatic heterocycles. The molecular weight excluding hydrogens is 494 g/mol. The lowest BCUT2D eigenvalue weighted by molar-refractivity contribution is 0.670. The van der Waals surface area contributed by atoms with E-state index in [1.807, 2.05) is 78.9 Å². The SMILES string of the molecule is [C-]#[N+]c1cccc(-c2nc(-c3ccccc3)nc(-n3c4ccccc4c4ccc5c6ccccc6oc5c43)n2)c1. The fourth-order valence-corrected chi connectivity index (χ4v) is 5.46. The highest BCUT2D eigenvalue weighted by molar-refractivity contribution is 6.21. The molecule has 0 bridgehead atoms. The molecule has 0 N–H and O–H groups in total. The molecule has 8 rings (SSSR count). The van der Waals surface area contributed by atoms with Gasteiger partial charge in [0.25, 0.3) is 0 Å². The number of para-hydroxylation sites is 2. The summed E-state index contributed by atoms with van der Waals surface area (Å²) in [6.07, 6.45) is 0. The van der Waals surface area contributed by atoms with Crippen LogP contribution in [-0.4, -0.2) is 19.5 Å². The predicted molar refractivity (Wildman–Crippen MR) is 159 cm³/mol. The predicted octanol–water partition coefficient (Wildman–Crippen LogP) is 8.75.